The number of methoxy groups -OCH3 is 2. The summed E-state index contributed by atoms with van der Waals surface area (Å²) < 4.78 is 10.4. The molecule has 21 heavy (non-hydrogen) atoms. The third-order valence-electron chi connectivity index (χ3n) is 2.87. The number of ketones is 1. The SMILES string of the molecule is COc1ccc(C=C(C#N)C(=O)c2ccsc2)cc1OC. The number of hydrogen-bond donors (Lipinski definition) is 0. The second kappa shape index (κ2) is 6.73. The van der Waals surface area contributed by atoms with Gasteiger partial charge in [-0.25, -0.2) is 0 Å². The Bertz CT molecular complexity index is 712. The average molecular weight is 299 g/mol. The number of benzene rings is 1. The maximum absolute atomic E-state index is 12.2. The molecule has 0 unspecified atom stereocenters. The van der Waals surface area contributed by atoms with Crippen LogP contribution in [0.3, 0.4) is 0 Å². The quantitative estimate of drug-likeness (QED) is 0.481. The molecule has 0 saturated carbocycles. The van der Waals surface area contributed by atoms with Crippen LogP contribution in [-0.4, -0.2) is 20.0 Å². The molecule has 106 valence electrons. The van der Waals surface area contributed by atoms with E-state index in [9.17, 15) is 10.1 Å². The van der Waals surface area contributed by atoms with Crippen LogP contribution in [-0.2, 0) is 0 Å². The number of thiophene rings is 1. The van der Waals surface area contributed by atoms with Gasteiger partial charge >= 0.3 is 0 Å². The van der Waals surface area contributed by atoms with Crippen molar-refractivity contribution in [2.45, 2.75) is 0 Å². The van der Waals surface area contributed by atoms with E-state index in [0.29, 0.717) is 22.6 Å². The van der Waals surface area contributed by atoms with Gasteiger partial charge < -0.3 is 9.47 Å². The van der Waals surface area contributed by atoms with Crippen LogP contribution < -0.4 is 9.47 Å². The monoisotopic (exact) mass is 299 g/mol. The molecule has 4 nitrogen and oxygen atoms in total. The molecule has 2 rings (SSSR count). The van der Waals surface area contributed by atoms with E-state index < -0.39 is 0 Å². The molecule has 0 fully saturated rings. The third kappa shape index (κ3) is 3.30. The summed E-state index contributed by atoms with van der Waals surface area (Å²) in [5.41, 5.74) is 1.31. The van der Waals surface area contributed by atoms with Gasteiger partial charge in [-0.1, -0.05) is 6.07 Å². The number of nitriles is 1. The molecule has 0 radical (unpaired) electrons. The Kier molecular flexibility index (Phi) is 4.75. The Balaban J connectivity index is 2.37. The molecule has 1 aromatic carbocycles. The van der Waals surface area contributed by atoms with Crippen LogP contribution in [0.1, 0.15) is 15.9 Å². The highest BCUT2D eigenvalue weighted by molar-refractivity contribution is 7.08. The van der Waals surface area contributed by atoms with Crippen LogP contribution in [0.5, 0.6) is 11.5 Å². The highest BCUT2D eigenvalue weighted by Crippen LogP contribution is 2.28. The first-order valence-corrected chi connectivity index (χ1v) is 7.04. The van der Waals surface area contributed by atoms with E-state index in [4.69, 9.17) is 9.47 Å². The molecule has 0 aliphatic carbocycles. The van der Waals surface area contributed by atoms with Gasteiger partial charge in [0.1, 0.15) is 11.6 Å². The van der Waals surface area contributed by atoms with Crippen LogP contribution in [0.2, 0.25) is 0 Å². The Morgan fingerprint density at radius 2 is 2.00 bits per heavy atom. The fourth-order valence-corrected chi connectivity index (χ4v) is 2.44. The molecule has 2 aromatic rings. The predicted molar refractivity (Wildman–Crippen MR) is 81.8 cm³/mol. The van der Waals surface area contributed by atoms with Crippen molar-refractivity contribution in [3.63, 3.8) is 0 Å². The maximum atomic E-state index is 12.2. The molecule has 0 saturated heterocycles. The van der Waals surface area contributed by atoms with Crippen molar-refractivity contribution in [1.82, 2.24) is 0 Å². The first kappa shape index (κ1) is 14.8. The molecule has 0 aliphatic heterocycles. The van der Waals surface area contributed by atoms with Gasteiger partial charge in [-0.05, 0) is 35.2 Å². The van der Waals surface area contributed by atoms with E-state index in [1.807, 2.05) is 6.07 Å². The lowest BCUT2D eigenvalue weighted by Crippen LogP contribution is -2.00. The Morgan fingerprint density at radius 1 is 1.24 bits per heavy atom. The molecule has 0 atom stereocenters. The highest BCUT2D eigenvalue weighted by Gasteiger charge is 2.13. The Labute approximate surface area is 126 Å². The molecule has 5 heteroatoms. The van der Waals surface area contributed by atoms with Crippen LogP contribution in [0.25, 0.3) is 6.08 Å². The minimum Gasteiger partial charge on any atom is -0.493 e. The second-order valence-corrected chi connectivity index (χ2v) is 4.91. The molecule has 1 heterocycles. The van der Waals surface area contributed by atoms with Crippen molar-refractivity contribution in [2.24, 2.45) is 0 Å². The standard InChI is InChI=1S/C16H13NO3S/c1-19-14-4-3-11(8-15(14)20-2)7-13(9-17)16(18)12-5-6-21-10-12/h3-8,10H,1-2H3. The maximum Gasteiger partial charge on any atom is 0.204 e. The summed E-state index contributed by atoms with van der Waals surface area (Å²) in [6, 6.07) is 8.86. The lowest BCUT2D eigenvalue weighted by atomic mass is 10.0. The lowest BCUT2D eigenvalue weighted by molar-refractivity contribution is 0.104. The van der Waals surface area contributed by atoms with Crippen LogP contribution in [0.15, 0.2) is 40.6 Å². The number of ether oxygens (including phenoxy) is 2. The Hall–Kier alpha value is -2.58. The molecule has 0 aliphatic rings. The van der Waals surface area contributed by atoms with Crippen LogP contribution in [0, 0.1) is 11.3 Å². The summed E-state index contributed by atoms with van der Waals surface area (Å²) in [6.45, 7) is 0. The molecule has 0 spiro atoms. The first-order valence-electron chi connectivity index (χ1n) is 6.10. The van der Waals surface area contributed by atoms with Crippen molar-refractivity contribution >= 4 is 23.2 Å². The molecule has 1 aromatic heterocycles. The molecular weight excluding hydrogens is 286 g/mol. The van der Waals surface area contributed by atoms with E-state index in [-0.39, 0.29) is 11.4 Å². The van der Waals surface area contributed by atoms with Gasteiger partial charge in [0.25, 0.3) is 0 Å². The normalized spacial score (nSPS) is 10.8. The number of nitrogens with zero attached hydrogens (tertiary/aromatic N) is 1. The van der Waals surface area contributed by atoms with E-state index in [1.54, 1.807) is 48.2 Å². The first-order chi connectivity index (χ1) is 10.2. The number of carbonyl (C=O) groups is 1. The second-order valence-electron chi connectivity index (χ2n) is 4.13. The molecular formula is C16H13NO3S. The van der Waals surface area contributed by atoms with Crippen molar-refractivity contribution in [3.05, 3.63) is 51.7 Å². The van der Waals surface area contributed by atoms with Gasteiger partial charge in [-0.2, -0.15) is 16.6 Å². The number of carbonyl (C=O) groups excluding carboxylic acids is 1. The number of hydrogen-bond acceptors (Lipinski definition) is 5. The summed E-state index contributed by atoms with van der Waals surface area (Å²) in [7, 11) is 3.08. The fourth-order valence-electron chi connectivity index (χ4n) is 1.81. The number of rotatable bonds is 5. The summed E-state index contributed by atoms with van der Waals surface area (Å²) in [4.78, 5) is 12.2. The summed E-state index contributed by atoms with van der Waals surface area (Å²) in [6.07, 6.45) is 1.54. The van der Waals surface area contributed by atoms with E-state index >= 15 is 0 Å². The largest absolute Gasteiger partial charge is 0.493 e. The topological polar surface area (TPSA) is 59.3 Å². The minimum atomic E-state index is -0.284. The van der Waals surface area contributed by atoms with Gasteiger partial charge in [-0.15, -0.1) is 0 Å². The minimum absolute atomic E-state index is 0.0839. The van der Waals surface area contributed by atoms with Crippen LogP contribution >= 0.6 is 11.3 Å². The van der Waals surface area contributed by atoms with Crippen LogP contribution in [0.4, 0.5) is 0 Å². The summed E-state index contributed by atoms with van der Waals surface area (Å²) in [5, 5.41) is 12.7. The Morgan fingerprint density at radius 3 is 2.57 bits per heavy atom. The van der Waals surface area contributed by atoms with Gasteiger partial charge in [0, 0.05) is 10.9 Å². The van der Waals surface area contributed by atoms with Gasteiger partial charge in [-0.3, -0.25) is 4.79 Å². The third-order valence-corrected chi connectivity index (χ3v) is 3.55. The van der Waals surface area contributed by atoms with Gasteiger partial charge in [0.2, 0.25) is 5.78 Å². The number of allylic oxidation sites excluding steroid dienone is 1. The zero-order valence-corrected chi connectivity index (χ0v) is 12.4. The fraction of sp³-hybridized carbons (Fsp3) is 0.125. The van der Waals surface area contributed by atoms with Crippen molar-refractivity contribution in [3.8, 4) is 17.6 Å². The van der Waals surface area contributed by atoms with E-state index in [2.05, 4.69) is 0 Å². The zero-order valence-electron chi connectivity index (χ0n) is 11.6. The highest BCUT2D eigenvalue weighted by atomic mass is 32.1. The van der Waals surface area contributed by atoms with E-state index in [0.717, 1.165) is 0 Å². The average Bonchev–Trinajstić information content (AvgIpc) is 3.06. The molecule has 0 bridgehead atoms. The van der Waals surface area contributed by atoms with Gasteiger partial charge in [0.15, 0.2) is 11.5 Å². The van der Waals surface area contributed by atoms with Gasteiger partial charge in [0.05, 0.1) is 14.2 Å². The zero-order chi connectivity index (χ0) is 15.2. The molecule has 0 amide bonds. The summed E-state index contributed by atoms with van der Waals surface area (Å²) in [5.74, 6) is 0.859. The number of Topliss-reactive ketones (excluding diaryl/α,β-unsaturated/α-hetero) is 1. The lowest BCUT2D eigenvalue weighted by Gasteiger charge is -2.07. The van der Waals surface area contributed by atoms with Crippen molar-refractivity contribution < 1.29 is 14.3 Å². The van der Waals surface area contributed by atoms with E-state index in [1.165, 1.54) is 18.4 Å². The smallest absolute Gasteiger partial charge is 0.204 e. The van der Waals surface area contributed by atoms with Crippen molar-refractivity contribution in [1.29, 1.82) is 5.26 Å². The molecule has 0 N–H and O–H groups in total. The summed E-state index contributed by atoms with van der Waals surface area (Å²) >= 11 is 1.42. The van der Waals surface area contributed by atoms with Crippen molar-refractivity contribution in [2.75, 3.05) is 14.2 Å². The predicted octanol–water partition coefficient (Wildman–Crippen LogP) is 3.56.